The summed E-state index contributed by atoms with van der Waals surface area (Å²) in [5.41, 5.74) is 1.56. The molecule has 5 heteroatoms. The second kappa shape index (κ2) is 4.89. The summed E-state index contributed by atoms with van der Waals surface area (Å²) in [4.78, 5) is 21.2. The lowest BCUT2D eigenvalue weighted by Gasteiger charge is -2.01. The number of thiocarbonyl (C=S) groups is 1. The average Bonchev–Trinajstić information content (AvgIpc) is 2.68. The zero-order valence-corrected chi connectivity index (χ0v) is 11.1. The Morgan fingerprint density at radius 1 is 1.24 bits per heavy atom. The Hall–Kier alpha value is -1.33. The lowest BCUT2D eigenvalue weighted by atomic mass is 10.0. The number of aliphatic imine (C=N–C) groups is 2. The lowest BCUT2D eigenvalue weighted by molar-refractivity contribution is 0.106. The highest BCUT2D eigenvalue weighted by molar-refractivity contribution is 7.98. The van der Waals surface area contributed by atoms with Crippen LogP contribution in [0, 0.1) is 0 Å². The van der Waals surface area contributed by atoms with Crippen LogP contribution in [0.25, 0.3) is 0 Å². The van der Waals surface area contributed by atoms with Gasteiger partial charge in [0, 0.05) is 10.5 Å². The maximum atomic E-state index is 12.1. The fourth-order valence-corrected chi connectivity index (χ4v) is 2.13. The molecule has 2 rings (SSSR count). The number of rotatable bonds is 3. The number of Topliss-reactive ketones (excluding diaryl/α,β-unsaturated/α-hetero) is 1. The van der Waals surface area contributed by atoms with Gasteiger partial charge in [0.05, 0.1) is 5.71 Å². The van der Waals surface area contributed by atoms with Crippen LogP contribution in [0.5, 0.6) is 0 Å². The molecule has 86 valence electrons. The van der Waals surface area contributed by atoms with Crippen LogP contribution in [-0.2, 0) is 0 Å². The van der Waals surface area contributed by atoms with Crippen molar-refractivity contribution in [2.24, 2.45) is 9.98 Å². The smallest absolute Gasteiger partial charge is 0.220 e. The van der Waals surface area contributed by atoms with Gasteiger partial charge in [-0.25, -0.2) is 9.98 Å². The molecule has 0 spiro atoms. The third-order valence-corrected chi connectivity index (χ3v) is 3.31. The van der Waals surface area contributed by atoms with Gasteiger partial charge in [-0.05, 0) is 49.7 Å². The minimum absolute atomic E-state index is 0.126. The molecule has 0 aromatic heterocycles. The molecule has 0 saturated heterocycles. The van der Waals surface area contributed by atoms with Gasteiger partial charge >= 0.3 is 0 Å². The molecule has 1 aliphatic heterocycles. The zero-order chi connectivity index (χ0) is 12.4. The van der Waals surface area contributed by atoms with E-state index in [1.54, 1.807) is 30.8 Å². The maximum Gasteiger partial charge on any atom is 0.220 e. The molecule has 0 N–H and O–H groups in total. The Balaban J connectivity index is 2.29. The van der Waals surface area contributed by atoms with E-state index in [1.165, 1.54) is 0 Å². The molecule has 0 fully saturated rings. The Morgan fingerprint density at radius 3 is 2.35 bits per heavy atom. The summed E-state index contributed by atoms with van der Waals surface area (Å²) >= 11 is 6.49. The molecular formula is C12H10N2OS2. The van der Waals surface area contributed by atoms with Crippen LogP contribution >= 0.6 is 24.0 Å². The lowest BCUT2D eigenvalue weighted by Crippen LogP contribution is -2.19. The van der Waals surface area contributed by atoms with E-state index in [9.17, 15) is 4.79 Å². The predicted octanol–water partition coefficient (Wildman–Crippen LogP) is 2.79. The van der Waals surface area contributed by atoms with Gasteiger partial charge < -0.3 is 0 Å². The third-order valence-electron chi connectivity index (χ3n) is 2.38. The first-order chi connectivity index (χ1) is 8.11. The number of carbonyl (C=O) groups excluding carboxylic acids is 1. The van der Waals surface area contributed by atoms with Gasteiger partial charge in [-0.1, -0.05) is 0 Å². The van der Waals surface area contributed by atoms with Crippen molar-refractivity contribution in [2.45, 2.75) is 11.8 Å². The number of benzene rings is 1. The van der Waals surface area contributed by atoms with Crippen LogP contribution in [-0.4, -0.2) is 28.6 Å². The molecule has 0 bridgehead atoms. The molecule has 0 aliphatic carbocycles. The molecule has 1 aromatic rings. The molecule has 0 unspecified atom stereocenters. The number of hydrogen-bond donors (Lipinski definition) is 0. The van der Waals surface area contributed by atoms with E-state index in [1.807, 2.05) is 18.4 Å². The Labute approximate surface area is 109 Å². The van der Waals surface area contributed by atoms with Crippen LogP contribution in [0.15, 0.2) is 39.1 Å². The Kier molecular flexibility index (Phi) is 3.49. The fraction of sp³-hybridized carbons (Fsp3) is 0.167. The largest absolute Gasteiger partial charge is 0.287 e. The summed E-state index contributed by atoms with van der Waals surface area (Å²) in [6.45, 7) is 1.74. The van der Waals surface area contributed by atoms with E-state index in [4.69, 9.17) is 12.2 Å². The van der Waals surface area contributed by atoms with Crippen molar-refractivity contribution in [3.8, 4) is 0 Å². The van der Waals surface area contributed by atoms with Crippen molar-refractivity contribution in [1.29, 1.82) is 0 Å². The van der Waals surface area contributed by atoms with Crippen LogP contribution < -0.4 is 0 Å². The molecule has 0 amide bonds. The molecular weight excluding hydrogens is 252 g/mol. The van der Waals surface area contributed by atoms with Crippen LogP contribution in [0.2, 0.25) is 0 Å². The average molecular weight is 262 g/mol. The quantitative estimate of drug-likeness (QED) is 0.478. The van der Waals surface area contributed by atoms with Crippen molar-refractivity contribution in [2.75, 3.05) is 6.26 Å². The molecule has 1 heterocycles. The highest BCUT2D eigenvalue weighted by Gasteiger charge is 2.21. The summed E-state index contributed by atoms with van der Waals surface area (Å²) in [7, 11) is 0. The SMILES string of the molecule is CSc1ccc(C(=O)C2=NC(=S)N=C2C)cc1. The first-order valence-corrected chi connectivity index (χ1v) is 6.62. The molecule has 0 atom stereocenters. The first-order valence-electron chi connectivity index (χ1n) is 4.99. The minimum atomic E-state index is -0.126. The van der Waals surface area contributed by atoms with Gasteiger partial charge in [0.2, 0.25) is 10.9 Å². The van der Waals surface area contributed by atoms with Gasteiger partial charge in [0.1, 0.15) is 5.71 Å². The van der Waals surface area contributed by atoms with Gasteiger partial charge in [0.25, 0.3) is 0 Å². The Morgan fingerprint density at radius 2 is 1.88 bits per heavy atom. The van der Waals surface area contributed by atoms with E-state index in [0.29, 0.717) is 17.0 Å². The Bertz CT molecular complexity index is 544. The number of hydrogen-bond acceptors (Lipinski definition) is 3. The van der Waals surface area contributed by atoms with Crippen molar-refractivity contribution < 1.29 is 4.79 Å². The van der Waals surface area contributed by atoms with E-state index in [0.717, 1.165) is 4.90 Å². The standard InChI is InChI=1S/C12H10N2OS2/c1-7-10(14-12(16)13-7)11(15)8-3-5-9(17-2)6-4-8/h3-6H,1-2H3. The van der Waals surface area contributed by atoms with Crippen LogP contribution in [0.1, 0.15) is 17.3 Å². The monoisotopic (exact) mass is 262 g/mol. The molecule has 1 aromatic carbocycles. The summed E-state index contributed by atoms with van der Waals surface area (Å²) in [6.07, 6.45) is 1.99. The number of thioether (sulfide) groups is 1. The van der Waals surface area contributed by atoms with Crippen molar-refractivity contribution in [3.63, 3.8) is 0 Å². The number of carbonyl (C=O) groups is 1. The van der Waals surface area contributed by atoms with Gasteiger partial charge in [-0.2, -0.15) is 0 Å². The van der Waals surface area contributed by atoms with Crippen molar-refractivity contribution in [3.05, 3.63) is 29.8 Å². The second-order valence-corrected chi connectivity index (χ2v) is 4.74. The highest BCUT2D eigenvalue weighted by Crippen LogP contribution is 2.16. The van der Waals surface area contributed by atoms with Crippen molar-refractivity contribution >= 4 is 46.3 Å². The molecule has 1 aliphatic rings. The van der Waals surface area contributed by atoms with Gasteiger partial charge in [-0.15, -0.1) is 11.8 Å². The highest BCUT2D eigenvalue weighted by atomic mass is 32.2. The van der Waals surface area contributed by atoms with Gasteiger partial charge in [-0.3, -0.25) is 4.79 Å². The predicted molar refractivity (Wildman–Crippen MR) is 75.7 cm³/mol. The molecule has 0 saturated carbocycles. The van der Waals surface area contributed by atoms with E-state index < -0.39 is 0 Å². The zero-order valence-electron chi connectivity index (χ0n) is 9.43. The van der Waals surface area contributed by atoms with E-state index >= 15 is 0 Å². The van der Waals surface area contributed by atoms with E-state index in [-0.39, 0.29) is 10.9 Å². The molecule has 17 heavy (non-hydrogen) atoms. The summed E-state index contributed by atoms with van der Waals surface area (Å²) in [6, 6.07) is 7.42. The topological polar surface area (TPSA) is 41.8 Å². The molecule has 3 nitrogen and oxygen atoms in total. The van der Waals surface area contributed by atoms with Crippen LogP contribution in [0.4, 0.5) is 0 Å². The van der Waals surface area contributed by atoms with Crippen LogP contribution in [0.3, 0.4) is 0 Å². The molecule has 0 radical (unpaired) electrons. The minimum Gasteiger partial charge on any atom is -0.287 e. The van der Waals surface area contributed by atoms with Crippen molar-refractivity contribution in [1.82, 2.24) is 0 Å². The van der Waals surface area contributed by atoms with E-state index in [2.05, 4.69) is 9.98 Å². The fourth-order valence-electron chi connectivity index (χ4n) is 1.49. The first kappa shape index (κ1) is 12.1. The maximum absolute atomic E-state index is 12.1. The second-order valence-electron chi connectivity index (χ2n) is 3.50. The number of ketones is 1. The third kappa shape index (κ3) is 2.50. The number of nitrogens with zero attached hydrogens (tertiary/aromatic N) is 2. The summed E-state index contributed by atoms with van der Waals surface area (Å²) < 4.78 is 0. The summed E-state index contributed by atoms with van der Waals surface area (Å²) in [5, 5.41) is 0.228. The normalized spacial score (nSPS) is 14.6. The van der Waals surface area contributed by atoms with Gasteiger partial charge in [0.15, 0.2) is 0 Å². The summed E-state index contributed by atoms with van der Waals surface area (Å²) in [5.74, 6) is -0.126.